The first-order valence-corrected chi connectivity index (χ1v) is 9.81. The van der Waals surface area contributed by atoms with Gasteiger partial charge in [0.2, 0.25) is 0 Å². The quantitative estimate of drug-likeness (QED) is 0.355. The molecule has 0 aliphatic rings. The van der Waals surface area contributed by atoms with E-state index in [4.69, 9.17) is 4.74 Å². The van der Waals surface area contributed by atoms with Gasteiger partial charge >= 0.3 is 0 Å². The summed E-state index contributed by atoms with van der Waals surface area (Å²) < 4.78 is 5.87. The van der Waals surface area contributed by atoms with E-state index in [1.165, 1.54) is 11.1 Å². The van der Waals surface area contributed by atoms with Gasteiger partial charge in [0.1, 0.15) is 0 Å². The summed E-state index contributed by atoms with van der Waals surface area (Å²) in [5, 5.41) is 0.710. The van der Waals surface area contributed by atoms with Crippen LogP contribution in [-0.4, -0.2) is 16.8 Å². The summed E-state index contributed by atoms with van der Waals surface area (Å²) in [4.78, 5) is 8.71. The van der Waals surface area contributed by atoms with E-state index in [9.17, 15) is 0 Å². The zero-order chi connectivity index (χ0) is 18.1. The number of aromatic nitrogens is 1. The molecule has 0 saturated heterocycles. The second-order valence-electron chi connectivity index (χ2n) is 7.03. The van der Waals surface area contributed by atoms with Gasteiger partial charge in [0.25, 0.3) is 5.23 Å². The number of ether oxygens (including phenoxy) is 1. The summed E-state index contributed by atoms with van der Waals surface area (Å²) in [7, 11) is 0. The van der Waals surface area contributed by atoms with Gasteiger partial charge in [-0.1, -0.05) is 70.1 Å². The molecular formula is C21H28N2OS. The third-order valence-electron chi connectivity index (χ3n) is 3.77. The van der Waals surface area contributed by atoms with Crippen molar-refractivity contribution >= 4 is 22.7 Å². The van der Waals surface area contributed by atoms with Gasteiger partial charge in [-0.15, -0.1) is 0 Å². The van der Waals surface area contributed by atoms with Crippen molar-refractivity contribution in [2.45, 2.75) is 51.7 Å². The minimum absolute atomic E-state index is 0.182. The van der Waals surface area contributed by atoms with Crippen LogP contribution in [0.15, 0.2) is 53.8 Å². The van der Waals surface area contributed by atoms with Crippen molar-refractivity contribution in [2.75, 3.05) is 6.61 Å². The second-order valence-corrected chi connectivity index (χ2v) is 7.95. The van der Waals surface area contributed by atoms with Gasteiger partial charge in [-0.25, -0.2) is 4.99 Å². The van der Waals surface area contributed by atoms with Crippen molar-refractivity contribution in [1.29, 1.82) is 0 Å². The van der Waals surface area contributed by atoms with Crippen LogP contribution in [-0.2, 0) is 15.9 Å². The lowest BCUT2D eigenvalue weighted by Crippen LogP contribution is -2.10. The second kappa shape index (κ2) is 9.62. The summed E-state index contributed by atoms with van der Waals surface area (Å²) in [6.07, 6.45) is 5.65. The largest absolute Gasteiger partial charge is 0.473 e. The smallest absolute Gasteiger partial charge is 0.251 e. The topological polar surface area (TPSA) is 34.5 Å². The Labute approximate surface area is 155 Å². The summed E-state index contributed by atoms with van der Waals surface area (Å²) in [5.74, 6) is 0.843. The maximum absolute atomic E-state index is 5.87. The van der Waals surface area contributed by atoms with Crippen molar-refractivity contribution in [1.82, 2.24) is 4.98 Å². The number of hydrogen-bond donors (Lipinski definition) is 0. The van der Waals surface area contributed by atoms with E-state index in [-0.39, 0.29) is 5.41 Å². The van der Waals surface area contributed by atoms with E-state index in [0.29, 0.717) is 11.8 Å². The Morgan fingerprint density at radius 1 is 1.16 bits per heavy atom. The SMILES string of the molecule is CCCCOC(=Nc1cccnc1)SCc1ccc(C(C)(C)C)cc1. The first-order chi connectivity index (χ1) is 12.0. The summed E-state index contributed by atoms with van der Waals surface area (Å²) in [6, 6.07) is 12.6. The summed E-state index contributed by atoms with van der Waals surface area (Å²) in [6.45, 7) is 9.56. The standard InChI is InChI=1S/C21H28N2OS/c1-5-6-14-24-20(23-19-8-7-13-22-15-19)25-16-17-9-11-18(12-10-17)21(2,3)4/h7-13,15H,5-6,14,16H2,1-4H3. The molecule has 0 amide bonds. The van der Waals surface area contributed by atoms with Crippen LogP contribution in [0.5, 0.6) is 0 Å². The van der Waals surface area contributed by atoms with Crippen LogP contribution in [0.4, 0.5) is 5.69 Å². The van der Waals surface area contributed by atoms with E-state index in [1.807, 2.05) is 12.1 Å². The van der Waals surface area contributed by atoms with Crippen LogP contribution < -0.4 is 0 Å². The van der Waals surface area contributed by atoms with E-state index in [1.54, 1.807) is 24.2 Å². The molecule has 25 heavy (non-hydrogen) atoms. The molecule has 134 valence electrons. The molecule has 1 aromatic carbocycles. The highest BCUT2D eigenvalue weighted by atomic mass is 32.2. The summed E-state index contributed by atoms with van der Waals surface area (Å²) in [5.41, 5.74) is 3.63. The number of rotatable bonds is 6. The van der Waals surface area contributed by atoms with Crippen LogP contribution in [0, 0.1) is 0 Å². The number of thioether (sulfide) groups is 1. The Morgan fingerprint density at radius 2 is 1.92 bits per heavy atom. The molecule has 1 aromatic heterocycles. The summed E-state index contributed by atoms with van der Waals surface area (Å²) >= 11 is 1.63. The predicted molar refractivity (Wildman–Crippen MR) is 109 cm³/mol. The predicted octanol–water partition coefficient (Wildman–Crippen LogP) is 6.12. The molecular weight excluding hydrogens is 328 g/mol. The average molecular weight is 357 g/mol. The van der Waals surface area contributed by atoms with Gasteiger partial charge in [0, 0.05) is 11.9 Å². The Balaban J connectivity index is 2.02. The van der Waals surface area contributed by atoms with Crippen molar-refractivity contribution in [2.24, 2.45) is 4.99 Å². The maximum Gasteiger partial charge on any atom is 0.251 e. The van der Waals surface area contributed by atoms with Gasteiger partial charge in [0.15, 0.2) is 0 Å². The average Bonchev–Trinajstić information content (AvgIpc) is 2.60. The highest BCUT2D eigenvalue weighted by molar-refractivity contribution is 8.12. The number of benzene rings is 1. The molecule has 1 heterocycles. The van der Waals surface area contributed by atoms with Gasteiger partial charge in [-0.3, -0.25) is 4.98 Å². The highest BCUT2D eigenvalue weighted by Crippen LogP contribution is 2.24. The van der Waals surface area contributed by atoms with Crippen LogP contribution in [0.3, 0.4) is 0 Å². The molecule has 2 rings (SSSR count). The van der Waals surface area contributed by atoms with Crippen LogP contribution in [0.25, 0.3) is 0 Å². The van der Waals surface area contributed by atoms with Crippen molar-refractivity contribution in [3.05, 3.63) is 59.9 Å². The molecule has 3 nitrogen and oxygen atoms in total. The molecule has 0 saturated carbocycles. The van der Waals surface area contributed by atoms with Gasteiger partial charge < -0.3 is 4.74 Å². The third kappa shape index (κ3) is 6.91. The van der Waals surface area contributed by atoms with Crippen molar-refractivity contribution < 1.29 is 4.74 Å². The maximum atomic E-state index is 5.87. The zero-order valence-corrected chi connectivity index (χ0v) is 16.5. The first-order valence-electron chi connectivity index (χ1n) is 8.83. The molecule has 0 aliphatic heterocycles. The number of unbranched alkanes of at least 4 members (excludes halogenated alkanes) is 1. The normalized spacial score (nSPS) is 12.2. The molecule has 2 aromatic rings. The molecule has 0 unspecified atom stereocenters. The van der Waals surface area contributed by atoms with Crippen LogP contribution in [0.2, 0.25) is 0 Å². The molecule has 0 aliphatic carbocycles. The lowest BCUT2D eigenvalue weighted by molar-refractivity contribution is 0.306. The van der Waals surface area contributed by atoms with Gasteiger partial charge in [-0.05, 0) is 35.1 Å². The third-order valence-corrected chi connectivity index (χ3v) is 4.71. The van der Waals surface area contributed by atoms with Gasteiger partial charge in [0.05, 0.1) is 18.5 Å². The Kier molecular flexibility index (Phi) is 7.51. The molecule has 0 radical (unpaired) electrons. The first kappa shape index (κ1) is 19.5. The Hall–Kier alpha value is -1.81. The van der Waals surface area contributed by atoms with E-state index in [0.717, 1.165) is 24.3 Å². The molecule has 0 N–H and O–H groups in total. The highest BCUT2D eigenvalue weighted by Gasteiger charge is 2.13. The van der Waals surface area contributed by atoms with Crippen LogP contribution in [0.1, 0.15) is 51.7 Å². The molecule has 0 atom stereocenters. The lowest BCUT2D eigenvalue weighted by atomic mass is 9.87. The van der Waals surface area contributed by atoms with E-state index in [2.05, 4.69) is 61.9 Å². The molecule has 0 fully saturated rings. The number of aliphatic imine (C=N–C) groups is 1. The minimum atomic E-state index is 0.182. The van der Waals surface area contributed by atoms with E-state index < -0.39 is 0 Å². The fourth-order valence-electron chi connectivity index (χ4n) is 2.18. The van der Waals surface area contributed by atoms with Crippen molar-refractivity contribution in [3.63, 3.8) is 0 Å². The lowest BCUT2D eigenvalue weighted by Gasteiger charge is -2.19. The van der Waals surface area contributed by atoms with Gasteiger partial charge in [-0.2, -0.15) is 0 Å². The fourth-order valence-corrected chi connectivity index (χ4v) is 3.00. The Bertz CT molecular complexity index is 661. The minimum Gasteiger partial charge on any atom is -0.473 e. The number of hydrogen-bond acceptors (Lipinski definition) is 4. The van der Waals surface area contributed by atoms with Crippen LogP contribution >= 0.6 is 11.8 Å². The molecule has 4 heteroatoms. The zero-order valence-electron chi connectivity index (χ0n) is 15.7. The fraction of sp³-hybridized carbons (Fsp3) is 0.429. The Morgan fingerprint density at radius 3 is 2.52 bits per heavy atom. The molecule has 0 spiro atoms. The number of pyridine rings is 1. The monoisotopic (exact) mass is 356 g/mol. The van der Waals surface area contributed by atoms with E-state index >= 15 is 0 Å². The molecule has 0 bridgehead atoms. The number of nitrogens with zero attached hydrogens (tertiary/aromatic N) is 2. The van der Waals surface area contributed by atoms with Crippen molar-refractivity contribution in [3.8, 4) is 0 Å².